The molecule has 1 fully saturated rings. The topological polar surface area (TPSA) is 58.4 Å². The van der Waals surface area contributed by atoms with E-state index in [-0.39, 0.29) is 18.8 Å². The third-order valence-electron chi connectivity index (χ3n) is 2.13. The molecule has 1 aromatic rings. The minimum atomic E-state index is -2.78. The molecule has 0 spiro atoms. The van der Waals surface area contributed by atoms with Gasteiger partial charge in [-0.05, 0) is 0 Å². The molecule has 0 unspecified atom stereocenters. The highest BCUT2D eigenvalue weighted by Gasteiger charge is 2.40. The van der Waals surface area contributed by atoms with E-state index < -0.39 is 18.5 Å². The number of halogens is 2. The maximum atomic E-state index is 12.8. The predicted molar refractivity (Wildman–Crippen MR) is 46.7 cm³/mol. The third-order valence-corrected chi connectivity index (χ3v) is 2.13. The van der Waals surface area contributed by atoms with Crippen LogP contribution in [0.25, 0.3) is 0 Å². The fraction of sp³-hybridized carbons (Fsp3) is 0.500. The van der Waals surface area contributed by atoms with Crippen molar-refractivity contribution in [2.24, 2.45) is 0 Å². The Balaban J connectivity index is 1.93. The number of anilines is 1. The van der Waals surface area contributed by atoms with Gasteiger partial charge in [0.1, 0.15) is 6.26 Å². The average Bonchev–Trinajstić information content (AvgIpc) is 2.74. The van der Waals surface area contributed by atoms with Crippen LogP contribution in [0.1, 0.15) is 6.42 Å². The highest BCUT2D eigenvalue weighted by Crippen LogP contribution is 2.26. The van der Waals surface area contributed by atoms with Crippen LogP contribution < -0.4 is 5.32 Å². The number of alkyl halides is 2. The van der Waals surface area contributed by atoms with Gasteiger partial charge < -0.3 is 9.42 Å². The van der Waals surface area contributed by atoms with Gasteiger partial charge >= 0.3 is 6.03 Å². The van der Waals surface area contributed by atoms with Crippen molar-refractivity contribution in [3.05, 3.63) is 12.3 Å². The van der Waals surface area contributed by atoms with Crippen molar-refractivity contribution in [2.75, 3.05) is 18.4 Å². The number of urea groups is 1. The van der Waals surface area contributed by atoms with Crippen molar-refractivity contribution in [3.8, 4) is 0 Å². The Morgan fingerprint density at radius 2 is 2.47 bits per heavy atom. The molecule has 0 aromatic carbocycles. The number of amides is 2. The zero-order chi connectivity index (χ0) is 10.9. The Labute approximate surface area is 84.0 Å². The van der Waals surface area contributed by atoms with Gasteiger partial charge in [-0.3, -0.25) is 5.32 Å². The average molecular weight is 217 g/mol. The monoisotopic (exact) mass is 217 g/mol. The molecule has 1 aliphatic heterocycles. The molecule has 1 aliphatic rings. The second kappa shape index (κ2) is 3.48. The lowest BCUT2D eigenvalue weighted by atomic mass is 10.3. The molecule has 15 heavy (non-hydrogen) atoms. The zero-order valence-electron chi connectivity index (χ0n) is 7.74. The van der Waals surface area contributed by atoms with Crippen LogP contribution in [0.3, 0.4) is 0 Å². The van der Waals surface area contributed by atoms with Crippen LogP contribution in [-0.2, 0) is 0 Å². The predicted octanol–water partition coefficient (Wildman–Crippen LogP) is 1.55. The molecule has 0 saturated carbocycles. The van der Waals surface area contributed by atoms with Crippen LogP contribution in [0.4, 0.5) is 19.4 Å². The van der Waals surface area contributed by atoms with Crippen molar-refractivity contribution in [3.63, 3.8) is 0 Å². The lowest BCUT2D eigenvalue weighted by Crippen LogP contribution is -2.34. The van der Waals surface area contributed by atoms with Crippen molar-refractivity contribution in [2.45, 2.75) is 12.3 Å². The molecule has 2 rings (SSSR count). The fourth-order valence-electron chi connectivity index (χ4n) is 1.37. The molecule has 1 saturated heterocycles. The summed E-state index contributed by atoms with van der Waals surface area (Å²) in [6, 6.07) is 0.854. The van der Waals surface area contributed by atoms with Crippen LogP contribution >= 0.6 is 0 Å². The van der Waals surface area contributed by atoms with E-state index >= 15 is 0 Å². The van der Waals surface area contributed by atoms with Crippen LogP contribution in [0.15, 0.2) is 16.9 Å². The molecule has 1 N–H and O–H groups in total. The van der Waals surface area contributed by atoms with E-state index in [0.29, 0.717) is 0 Å². The maximum absolute atomic E-state index is 12.8. The molecular weight excluding hydrogens is 208 g/mol. The Kier molecular flexibility index (Phi) is 2.29. The molecule has 2 heterocycles. The van der Waals surface area contributed by atoms with E-state index in [1.165, 1.54) is 12.3 Å². The number of carbonyl (C=O) groups is 1. The molecule has 0 atom stereocenters. The van der Waals surface area contributed by atoms with Crippen LogP contribution in [0, 0.1) is 0 Å². The fourth-order valence-corrected chi connectivity index (χ4v) is 1.37. The Morgan fingerprint density at radius 3 is 3.00 bits per heavy atom. The first-order valence-electron chi connectivity index (χ1n) is 4.41. The second-order valence-electron chi connectivity index (χ2n) is 3.34. The number of carbonyl (C=O) groups excluding carboxylic acids is 1. The summed E-state index contributed by atoms with van der Waals surface area (Å²) in [5.41, 5.74) is 0. The SMILES string of the molecule is O=C(Nc1ccon1)N1CCC(F)(F)C1. The summed E-state index contributed by atoms with van der Waals surface area (Å²) in [6.07, 6.45) is 0.993. The lowest BCUT2D eigenvalue weighted by Gasteiger charge is -2.15. The van der Waals surface area contributed by atoms with Gasteiger partial charge in [0.2, 0.25) is 0 Å². The second-order valence-corrected chi connectivity index (χ2v) is 3.34. The quantitative estimate of drug-likeness (QED) is 0.776. The summed E-state index contributed by atoms with van der Waals surface area (Å²) in [4.78, 5) is 12.5. The number of aromatic nitrogens is 1. The molecule has 5 nitrogen and oxygen atoms in total. The van der Waals surface area contributed by atoms with E-state index in [2.05, 4.69) is 15.0 Å². The van der Waals surface area contributed by atoms with Gasteiger partial charge in [0, 0.05) is 19.0 Å². The van der Waals surface area contributed by atoms with Gasteiger partial charge in [0.25, 0.3) is 5.92 Å². The summed E-state index contributed by atoms with van der Waals surface area (Å²) in [7, 11) is 0. The molecule has 7 heteroatoms. The third kappa shape index (κ3) is 2.23. The van der Waals surface area contributed by atoms with E-state index in [1.54, 1.807) is 0 Å². The normalized spacial score (nSPS) is 19.2. The van der Waals surface area contributed by atoms with E-state index in [4.69, 9.17) is 0 Å². The first kappa shape index (κ1) is 9.88. The summed E-state index contributed by atoms with van der Waals surface area (Å²) in [6.45, 7) is -0.493. The van der Waals surface area contributed by atoms with Crippen molar-refractivity contribution >= 4 is 11.8 Å². The van der Waals surface area contributed by atoms with Crippen LogP contribution in [0.2, 0.25) is 0 Å². The summed E-state index contributed by atoms with van der Waals surface area (Å²) < 4.78 is 30.0. The summed E-state index contributed by atoms with van der Waals surface area (Å²) >= 11 is 0. The van der Waals surface area contributed by atoms with Gasteiger partial charge in [-0.1, -0.05) is 5.16 Å². The van der Waals surface area contributed by atoms with E-state index in [0.717, 1.165) is 4.90 Å². The number of nitrogens with one attached hydrogen (secondary N) is 1. The number of hydrogen-bond donors (Lipinski definition) is 1. The minimum absolute atomic E-state index is 0.0523. The molecule has 0 bridgehead atoms. The number of likely N-dealkylation sites (tertiary alicyclic amines) is 1. The van der Waals surface area contributed by atoms with Gasteiger partial charge in [-0.2, -0.15) is 0 Å². The standard InChI is InChI=1S/C8H9F2N3O2/c9-8(10)2-3-13(5-8)7(14)11-6-1-4-15-12-6/h1,4H,2-3,5H2,(H,11,12,14). The van der Waals surface area contributed by atoms with E-state index in [9.17, 15) is 13.6 Å². The minimum Gasteiger partial charge on any atom is -0.363 e. The van der Waals surface area contributed by atoms with Crippen LogP contribution in [0.5, 0.6) is 0 Å². The molecule has 2 amide bonds. The van der Waals surface area contributed by atoms with Gasteiger partial charge in [0.15, 0.2) is 5.82 Å². The van der Waals surface area contributed by atoms with Crippen molar-refractivity contribution < 1.29 is 18.1 Å². The Morgan fingerprint density at radius 1 is 1.67 bits per heavy atom. The van der Waals surface area contributed by atoms with Gasteiger partial charge in [0.05, 0.1) is 6.54 Å². The highest BCUT2D eigenvalue weighted by molar-refractivity contribution is 5.88. The molecule has 82 valence electrons. The van der Waals surface area contributed by atoms with Gasteiger partial charge in [-0.15, -0.1) is 0 Å². The first-order valence-corrected chi connectivity index (χ1v) is 4.41. The number of rotatable bonds is 1. The zero-order valence-corrected chi connectivity index (χ0v) is 7.74. The largest absolute Gasteiger partial charge is 0.363 e. The van der Waals surface area contributed by atoms with E-state index in [1.807, 2.05) is 0 Å². The smallest absolute Gasteiger partial charge is 0.323 e. The summed E-state index contributed by atoms with van der Waals surface area (Å²) in [5, 5.41) is 5.79. The van der Waals surface area contributed by atoms with Gasteiger partial charge in [-0.25, -0.2) is 13.6 Å². The lowest BCUT2D eigenvalue weighted by molar-refractivity contribution is 0.0159. The van der Waals surface area contributed by atoms with Crippen molar-refractivity contribution in [1.82, 2.24) is 10.1 Å². The molecular formula is C8H9F2N3O2. The summed E-state index contributed by atoms with van der Waals surface area (Å²) in [5.74, 6) is -2.56. The Hall–Kier alpha value is -1.66. The number of nitrogens with zero attached hydrogens (tertiary/aromatic N) is 2. The highest BCUT2D eigenvalue weighted by atomic mass is 19.3. The van der Waals surface area contributed by atoms with Crippen LogP contribution in [-0.4, -0.2) is 35.1 Å². The van der Waals surface area contributed by atoms with Crippen molar-refractivity contribution in [1.29, 1.82) is 0 Å². The number of hydrogen-bond acceptors (Lipinski definition) is 3. The Bertz CT molecular complexity index is 353. The maximum Gasteiger partial charge on any atom is 0.323 e. The molecule has 0 radical (unpaired) electrons. The first-order chi connectivity index (χ1) is 7.07. The molecule has 0 aliphatic carbocycles. The molecule has 1 aromatic heterocycles.